The van der Waals surface area contributed by atoms with Gasteiger partial charge in [0.1, 0.15) is 6.33 Å². The number of H-pyrrole nitrogens is 1. The maximum absolute atomic E-state index is 11.0. The minimum atomic E-state index is -0.0791. The normalized spacial score (nSPS) is 9.64. The van der Waals surface area contributed by atoms with E-state index in [0.29, 0.717) is 5.16 Å². The standard InChI is InChI=1S/C5H8N4OS/c1-9(2)5(10)11-4-6-3-7-8-4/h3H,1-2H3,(H,6,7,8). The molecule has 0 spiro atoms. The highest BCUT2D eigenvalue weighted by Gasteiger charge is 2.08. The lowest BCUT2D eigenvalue weighted by Gasteiger charge is -2.05. The summed E-state index contributed by atoms with van der Waals surface area (Å²) in [6.07, 6.45) is 1.44. The highest BCUT2D eigenvalue weighted by atomic mass is 32.2. The zero-order chi connectivity index (χ0) is 8.27. The molecule has 5 nitrogen and oxygen atoms in total. The molecule has 0 saturated heterocycles. The number of aromatic nitrogens is 3. The molecule has 0 aromatic carbocycles. The lowest BCUT2D eigenvalue weighted by Crippen LogP contribution is -2.16. The number of hydrogen-bond donors (Lipinski definition) is 1. The number of hydrogen-bond acceptors (Lipinski definition) is 4. The number of nitrogens with one attached hydrogen (secondary N) is 1. The molecule has 1 aromatic rings. The van der Waals surface area contributed by atoms with Crippen LogP contribution in [0.3, 0.4) is 0 Å². The summed E-state index contributed by atoms with van der Waals surface area (Å²) in [6, 6.07) is 0. The van der Waals surface area contributed by atoms with Crippen LogP contribution in [0, 0.1) is 0 Å². The molecule has 11 heavy (non-hydrogen) atoms. The minimum Gasteiger partial charge on any atom is -0.339 e. The monoisotopic (exact) mass is 172 g/mol. The van der Waals surface area contributed by atoms with Crippen LogP contribution >= 0.6 is 11.8 Å². The third kappa shape index (κ3) is 2.23. The molecule has 0 unspecified atom stereocenters. The Morgan fingerprint density at radius 3 is 2.91 bits per heavy atom. The van der Waals surface area contributed by atoms with Gasteiger partial charge in [-0.05, 0) is 0 Å². The molecule has 0 atom stereocenters. The van der Waals surface area contributed by atoms with Gasteiger partial charge in [0.2, 0.25) is 5.16 Å². The van der Waals surface area contributed by atoms with Gasteiger partial charge in [0.25, 0.3) is 5.24 Å². The van der Waals surface area contributed by atoms with E-state index in [4.69, 9.17) is 0 Å². The summed E-state index contributed by atoms with van der Waals surface area (Å²) in [4.78, 5) is 16.3. The molecular formula is C5H8N4OS. The van der Waals surface area contributed by atoms with Crippen LogP contribution < -0.4 is 0 Å². The van der Waals surface area contributed by atoms with E-state index < -0.39 is 0 Å². The third-order valence-electron chi connectivity index (χ3n) is 0.937. The fraction of sp³-hybridized carbons (Fsp3) is 0.400. The number of carbonyl (C=O) groups is 1. The Kier molecular flexibility index (Phi) is 2.48. The Morgan fingerprint density at radius 2 is 2.45 bits per heavy atom. The topological polar surface area (TPSA) is 61.9 Å². The summed E-state index contributed by atoms with van der Waals surface area (Å²) in [5.74, 6) is 0. The van der Waals surface area contributed by atoms with E-state index in [-0.39, 0.29) is 5.24 Å². The van der Waals surface area contributed by atoms with Gasteiger partial charge in [-0.1, -0.05) is 0 Å². The lowest BCUT2D eigenvalue weighted by atomic mass is 11.0. The summed E-state index contributed by atoms with van der Waals surface area (Å²) < 4.78 is 0. The Morgan fingerprint density at radius 1 is 1.73 bits per heavy atom. The average Bonchev–Trinajstić information content (AvgIpc) is 2.39. The second-order valence-electron chi connectivity index (χ2n) is 2.04. The van der Waals surface area contributed by atoms with E-state index in [1.807, 2.05) is 0 Å². The number of nitrogens with zero attached hydrogens (tertiary/aromatic N) is 3. The first-order valence-corrected chi connectivity index (χ1v) is 3.76. The molecule has 1 amide bonds. The van der Waals surface area contributed by atoms with Crippen molar-refractivity contribution in [1.82, 2.24) is 20.1 Å². The minimum absolute atomic E-state index is 0.0791. The fourth-order valence-corrected chi connectivity index (χ4v) is 0.958. The molecule has 1 rings (SSSR count). The van der Waals surface area contributed by atoms with Crippen LogP contribution in [0.1, 0.15) is 0 Å². The molecule has 6 heteroatoms. The van der Waals surface area contributed by atoms with E-state index in [0.717, 1.165) is 11.8 Å². The Labute approximate surface area is 68.2 Å². The number of thioether (sulfide) groups is 1. The van der Waals surface area contributed by atoms with Crippen molar-refractivity contribution in [2.45, 2.75) is 5.16 Å². The van der Waals surface area contributed by atoms with Gasteiger partial charge in [0.05, 0.1) is 0 Å². The summed E-state index contributed by atoms with van der Waals surface area (Å²) in [6.45, 7) is 0. The van der Waals surface area contributed by atoms with Crippen LogP contribution in [-0.4, -0.2) is 39.4 Å². The quantitative estimate of drug-likeness (QED) is 0.629. The number of carbonyl (C=O) groups excluding carboxylic acids is 1. The molecule has 0 aliphatic carbocycles. The maximum Gasteiger partial charge on any atom is 0.288 e. The van der Waals surface area contributed by atoms with Crippen molar-refractivity contribution in [1.29, 1.82) is 0 Å². The van der Waals surface area contributed by atoms with Crippen LogP contribution in [0.2, 0.25) is 0 Å². The van der Waals surface area contributed by atoms with Crippen LogP contribution in [0.5, 0.6) is 0 Å². The molecule has 1 heterocycles. The van der Waals surface area contributed by atoms with Crippen molar-refractivity contribution in [3.05, 3.63) is 6.33 Å². The molecular weight excluding hydrogens is 164 g/mol. The van der Waals surface area contributed by atoms with Gasteiger partial charge in [-0.25, -0.2) is 4.98 Å². The molecule has 0 fully saturated rings. The molecule has 1 aromatic heterocycles. The molecule has 60 valence electrons. The van der Waals surface area contributed by atoms with Gasteiger partial charge in [0, 0.05) is 25.9 Å². The smallest absolute Gasteiger partial charge is 0.288 e. The third-order valence-corrected chi connectivity index (χ3v) is 1.86. The van der Waals surface area contributed by atoms with Crippen molar-refractivity contribution >= 4 is 17.0 Å². The first kappa shape index (κ1) is 8.06. The number of aromatic amines is 1. The van der Waals surface area contributed by atoms with Crippen molar-refractivity contribution in [2.75, 3.05) is 14.1 Å². The zero-order valence-corrected chi connectivity index (χ0v) is 7.05. The maximum atomic E-state index is 11.0. The van der Waals surface area contributed by atoms with E-state index in [1.54, 1.807) is 14.1 Å². The predicted molar refractivity (Wildman–Crippen MR) is 41.3 cm³/mol. The second-order valence-corrected chi connectivity index (χ2v) is 2.96. The first-order valence-electron chi connectivity index (χ1n) is 2.95. The van der Waals surface area contributed by atoms with Crippen LogP contribution in [0.4, 0.5) is 4.79 Å². The highest BCUT2D eigenvalue weighted by molar-refractivity contribution is 8.13. The Balaban J connectivity index is 2.50. The van der Waals surface area contributed by atoms with E-state index >= 15 is 0 Å². The van der Waals surface area contributed by atoms with Crippen LogP contribution in [0.25, 0.3) is 0 Å². The van der Waals surface area contributed by atoms with Crippen molar-refractivity contribution in [3.63, 3.8) is 0 Å². The molecule has 1 N–H and O–H groups in total. The van der Waals surface area contributed by atoms with Gasteiger partial charge < -0.3 is 4.90 Å². The van der Waals surface area contributed by atoms with Gasteiger partial charge in [0.15, 0.2) is 0 Å². The number of amides is 1. The van der Waals surface area contributed by atoms with Crippen molar-refractivity contribution in [3.8, 4) is 0 Å². The second kappa shape index (κ2) is 3.38. The molecule has 0 aliphatic heterocycles. The first-order chi connectivity index (χ1) is 5.20. The predicted octanol–water partition coefficient (Wildman–Crippen LogP) is 0.578. The highest BCUT2D eigenvalue weighted by Crippen LogP contribution is 2.13. The fourth-order valence-electron chi connectivity index (χ4n) is 0.416. The van der Waals surface area contributed by atoms with E-state index in [1.165, 1.54) is 11.2 Å². The summed E-state index contributed by atoms with van der Waals surface area (Å²) in [7, 11) is 3.37. The van der Waals surface area contributed by atoms with Gasteiger partial charge in [-0.3, -0.25) is 9.89 Å². The molecule has 0 bridgehead atoms. The summed E-state index contributed by atoms with van der Waals surface area (Å²) in [5, 5.41) is 6.61. The summed E-state index contributed by atoms with van der Waals surface area (Å²) in [5.41, 5.74) is 0. The van der Waals surface area contributed by atoms with Gasteiger partial charge >= 0.3 is 0 Å². The summed E-state index contributed by atoms with van der Waals surface area (Å²) >= 11 is 0.992. The van der Waals surface area contributed by atoms with Gasteiger partial charge in [-0.15, -0.1) is 5.10 Å². The largest absolute Gasteiger partial charge is 0.339 e. The van der Waals surface area contributed by atoms with Crippen LogP contribution in [-0.2, 0) is 0 Å². The van der Waals surface area contributed by atoms with E-state index in [9.17, 15) is 4.79 Å². The Hall–Kier alpha value is -1.04. The van der Waals surface area contributed by atoms with Crippen molar-refractivity contribution in [2.24, 2.45) is 0 Å². The van der Waals surface area contributed by atoms with Crippen LogP contribution in [0.15, 0.2) is 11.5 Å². The van der Waals surface area contributed by atoms with Gasteiger partial charge in [-0.2, -0.15) is 0 Å². The molecule has 0 saturated carbocycles. The Bertz CT molecular complexity index is 233. The van der Waals surface area contributed by atoms with Crippen molar-refractivity contribution < 1.29 is 4.79 Å². The molecule has 0 aliphatic rings. The number of rotatable bonds is 1. The van der Waals surface area contributed by atoms with E-state index in [2.05, 4.69) is 15.2 Å². The lowest BCUT2D eigenvalue weighted by molar-refractivity contribution is 0.241. The average molecular weight is 172 g/mol. The SMILES string of the molecule is CN(C)C(=O)Sc1nc[nH]n1. The molecule has 0 radical (unpaired) electrons. The zero-order valence-electron chi connectivity index (χ0n) is 6.24.